The molecule has 1 aromatic rings. The fourth-order valence-corrected chi connectivity index (χ4v) is 1.48. The van der Waals surface area contributed by atoms with Gasteiger partial charge in [-0.3, -0.25) is 0 Å². The van der Waals surface area contributed by atoms with Crippen LogP contribution in [-0.4, -0.2) is 19.1 Å². The highest BCUT2D eigenvalue weighted by Gasteiger charge is 1.96. The Kier molecular flexibility index (Phi) is 5.86. The van der Waals surface area contributed by atoms with E-state index in [-0.39, 0.29) is 5.97 Å². The molecule has 92 valence electrons. The number of nitrogens with one attached hydrogen (secondary N) is 1. The van der Waals surface area contributed by atoms with Crippen molar-refractivity contribution in [1.82, 2.24) is 0 Å². The monoisotopic (exact) mass is 233 g/mol. The van der Waals surface area contributed by atoms with Crippen molar-refractivity contribution in [3.63, 3.8) is 0 Å². The summed E-state index contributed by atoms with van der Waals surface area (Å²) in [6, 6.07) is 8.31. The molecule has 0 heterocycles. The average molecular weight is 233 g/mol. The molecule has 0 radical (unpaired) electrons. The van der Waals surface area contributed by atoms with E-state index in [0.29, 0.717) is 13.2 Å². The molecule has 1 rings (SSSR count). The summed E-state index contributed by atoms with van der Waals surface area (Å²) in [6.45, 7) is 6.45. The van der Waals surface area contributed by atoms with Gasteiger partial charge in [0.25, 0.3) is 0 Å². The molecule has 0 unspecified atom stereocenters. The number of hydrogen-bond acceptors (Lipinski definition) is 3. The number of esters is 1. The summed E-state index contributed by atoms with van der Waals surface area (Å²) in [5.41, 5.74) is 2.38. The minimum atomic E-state index is -0.384. The van der Waals surface area contributed by atoms with Gasteiger partial charge in [0.2, 0.25) is 0 Å². The van der Waals surface area contributed by atoms with Gasteiger partial charge in [0, 0.05) is 18.3 Å². The lowest BCUT2D eigenvalue weighted by atomic mass is 10.1. The molecule has 0 amide bonds. The molecule has 0 aliphatic heterocycles. The highest BCUT2D eigenvalue weighted by molar-refractivity contribution is 5.81. The first-order chi connectivity index (χ1) is 8.26. The molecule has 1 N–H and O–H groups in total. The minimum Gasteiger partial charge on any atom is -0.461 e. The number of rotatable bonds is 7. The van der Waals surface area contributed by atoms with Crippen molar-refractivity contribution in [2.24, 2.45) is 0 Å². The highest BCUT2D eigenvalue weighted by atomic mass is 16.5. The first-order valence-electron chi connectivity index (χ1n) is 5.88. The summed E-state index contributed by atoms with van der Waals surface area (Å²) in [4.78, 5) is 10.8. The normalized spacial score (nSPS) is 9.71. The van der Waals surface area contributed by atoms with Crippen molar-refractivity contribution in [3.05, 3.63) is 42.5 Å². The Morgan fingerprint density at radius 3 is 2.71 bits per heavy atom. The average Bonchev–Trinajstić information content (AvgIpc) is 2.36. The number of aryl methyl sites for hydroxylation is 1. The van der Waals surface area contributed by atoms with Crippen molar-refractivity contribution in [2.45, 2.75) is 19.8 Å². The standard InChI is InChI=1S/C14H19NO2/c1-3-5-12-6-8-13(9-7-12)15-10-11-17-14(16)4-2/h4,6-9,15H,2-3,5,10-11H2,1H3. The Balaban J connectivity index is 2.27. The van der Waals surface area contributed by atoms with E-state index in [1.807, 2.05) is 12.1 Å². The molecule has 3 nitrogen and oxygen atoms in total. The second-order valence-electron chi connectivity index (χ2n) is 3.75. The van der Waals surface area contributed by atoms with Crippen molar-refractivity contribution in [1.29, 1.82) is 0 Å². The van der Waals surface area contributed by atoms with E-state index in [1.165, 1.54) is 11.6 Å². The van der Waals surface area contributed by atoms with Gasteiger partial charge in [-0.25, -0.2) is 4.79 Å². The molecule has 0 atom stereocenters. The molecule has 0 fully saturated rings. The third-order valence-corrected chi connectivity index (χ3v) is 2.33. The van der Waals surface area contributed by atoms with Gasteiger partial charge in [-0.1, -0.05) is 32.1 Å². The van der Waals surface area contributed by atoms with Crippen molar-refractivity contribution in [3.8, 4) is 0 Å². The fourth-order valence-electron chi connectivity index (χ4n) is 1.48. The van der Waals surface area contributed by atoms with Gasteiger partial charge in [-0.05, 0) is 24.1 Å². The SMILES string of the molecule is C=CC(=O)OCCNc1ccc(CCC)cc1. The van der Waals surface area contributed by atoms with E-state index in [0.717, 1.165) is 18.5 Å². The van der Waals surface area contributed by atoms with Crippen LogP contribution in [0.2, 0.25) is 0 Å². The third-order valence-electron chi connectivity index (χ3n) is 2.33. The van der Waals surface area contributed by atoms with Gasteiger partial charge in [0.05, 0.1) is 0 Å². The largest absolute Gasteiger partial charge is 0.461 e. The quantitative estimate of drug-likeness (QED) is 0.447. The molecule has 0 aliphatic carbocycles. The molecule has 0 aliphatic rings. The second-order valence-corrected chi connectivity index (χ2v) is 3.75. The lowest BCUT2D eigenvalue weighted by Crippen LogP contribution is -2.12. The topological polar surface area (TPSA) is 38.3 Å². The molecule has 0 spiro atoms. The van der Waals surface area contributed by atoms with Crippen LogP contribution in [0.1, 0.15) is 18.9 Å². The summed E-state index contributed by atoms with van der Waals surface area (Å²) < 4.78 is 4.86. The van der Waals surface area contributed by atoms with Crippen molar-refractivity contribution < 1.29 is 9.53 Å². The predicted molar refractivity (Wildman–Crippen MR) is 70.1 cm³/mol. The lowest BCUT2D eigenvalue weighted by Gasteiger charge is -2.07. The van der Waals surface area contributed by atoms with E-state index >= 15 is 0 Å². The lowest BCUT2D eigenvalue weighted by molar-refractivity contribution is -0.137. The molecule has 0 aromatic heterocycles. The van der Waals surface area contributed by atoms with E-state index in [4.69, 9.17) is 4.74 Å². The fraction of sp³-hybridized carbons (Fsp3) is 0.357. The summed E-state index contributed by atoms with van der Waals surface area (Å²) in [6.07, 6.45) is 3.43. The van der Waals surface area contributed by atoms with Crippen molar-refractivity contribution in [2.75, 3.05) is 18.5 Å². The predicted octanol–water partition coefficient (Wildman–Crippen LogP) is 2.78. The molecular formula is C14H19NO2. The first kappa shape index (κ1) is 13.3. The Labute approximate surface area is 102 Å². The Hall–Kier alpha value is -1.77. The highest BCUT2D eigenvalue weighted by Crippen LogP contribution is 2.10. The van der Waals surface area contributed by atoms with E-state index in [1.54, 1.807) is 0 Å². The van der Waals surface area contributed by atoms with E-state index in [9.17, 15) is 4.79 Å². The number of carbonyl (C=O) groups is 1. The number of carbonyl (C=O) groups excluding carboxylic acids is 1. The maximum atomic E-state index is 10.8. The zero-order chi connectivity index (χ0) is 12.5. The maximum Gasteiger partial charge on any atom is 0.330 e. The summed E-state index contributed by atoms with van der Waals surface area (Å²) in [7, 11) is 0. The summed E-state index contributed by atoms with van der Waals surface area (Å²) in [5.74, 6) is -0.384. The summed E-state index contributed by atoms with van der Waals surface area (Å²) >= 11 is 0. The van der Waals surface area contributed by atoms with Crippen LogP contribution in [-0.2, 0) is 16.0 Å². The molecule has 0 bridgehead atoms. The van der Waals surface area contributed by atoms with Gasteiger partial charge < -0.3 is 10.1 Å². The van der Waals surface area contributed by atoms with Gasteiger partial charge in [-0.2, -0.15) is 0 Å². The zero-order valence-corrected chi connectivity index (χ0v) is 10.2. The molecule has 0 saturated carbocycles. The minimum absolute atomic E-state index is 0.349. The maximum absolute atomic E-state index is 10.8. The Morgan fingerprint density at radius 2 is 2.12 bits per heavy atom. The molecular weight excluding hydrogens is 214 g/mol. The number of anilines is 1. The molecule has 0 saturated heterocycles. The first-order valence-corrected chi connectivity index (χ1v) is 5.88. The molecule has 17 heavy (non-hydrogen) atoms. The van der Waals surface area contributed by atoms with Gasteiger partial charge in [0.1, 0.15) is 6.61 Å². The number of hydrogen-bond donors (Lipinski definition) is 1. The van der Waals surface area contributed by atoms with Gasteiger partial charge in [-0.15, -0.1) is 0 Å². The van der Waals surface area contributed by atoms with Gasteiger partial charge in [0.15, 0.2) is 0 Å². The third kappa shape index (κ3) is 5.20. The summed E-state index contributed by atoms with van der Waals surface area (Å²) in [5, 5.41) is 3.18. The van der Waals surface area contributed by atoms with Crippen LogP contribution in [0.15, 0.2) is 36.9 Å². The van der Waals surface area contributed by atoms with Crippen LogP contribution < -0.4 is 5.32 Å². The van der Waals surface area contributed by atoms with Crippen LogP contribution >= 0.6 is 0 Å². The molecule has 3 heteroatoms. The molecule has 1 aromatic carbocycles. The second kappa shape index (κ2) is 7.49. The Bertz CT molecular complexity index is 357. The zero-order valence-electron chi connectivity index (χ0n) is 10.2. The van der Waals surface area contributed by atoms with E-state index in [2.05, 4.69) is 31.0 Å². The van der Waals surface area contributed by atoms with Crippen LogP contribution in [0, 0.1) is 0 Å². The number of ether oxygens (including phenoxy) is 1. The van der Waals surface area contributed by atoms with Crippen LogP contribution in [0.4, 0.5) is 5.69 Å². The van der Waals surface area contributed by atoms with Crippen molar-refractivity contribution >= 4 is 11.7 Å². The van der Waals surface area contributed by atoms with Gasteiger partial charge >= 0.3 is 5.97 Å². The van der Waals surface area contributed by atoms with Crippen LogP contribution in [0.5, 0.6) is 0 Å². The number of benzene rings is 1. The Morgan fingerprint density at radius 1 is 1.41 bits per heavy atom. The smallest absolute Gasteiger partial charge is 0.330 e. The van der Waals surface area contributed by atoms with Crippen LogP contribution in [0.3, 0.4) is 0 Å². The van der Waals surface area contributed by atoms with Crippen LogP contribution in [0.25, 0.3) is 0 Å². The van der Waals surface area contributed by atoms with E-state index < -0.39 is 0 Å².